The summed E-state index contributed by atoms with van der Waals surface area (Å²) < 4.78 is 0. The van der Waals surface area contributed by atoms with Gasteiger partial charge >= 0.3 is 0 Å². The molecule has 0 radical (unpaired) electrons. The van der Waals surface area contributed by atoms with E-state index in [2.05, 4.69) is 16.4 Å². The molecule has 0 saturated carbocycles. The first-order valence-electron chi connectivity index (χ1n) is 7.34. The molecule has 2 heterocycles. The van der Waals surface area contributed by atoms with Crippen LogP contribution in [-0.2, 0) is 13.0 Å². The number of rotatable bonds is 3. The summed E-state index contributed by atoms with van der Waals surface area (Å²) in [7, 11) is 0. The molecular formula is C17H19N3O. The molecule has 1 aliphatic heterocycles. The Kier molecular flexibility index (Phi) is 3.86. The number of nitrogens with zero attached hydrogens (tertiary/aromatic N) is 2. The smallest absolute Gasteiger partial charge is 0.256 e. The van der Waals surface area contributed by atoms with Crippen molar-refractivity contribution >= 4 is 11.6 Å². The van der Waals surface area contributed by atoms with E-state index in [0.717, 1.165) is 42.0 Å². The van der Waals surface area contributed by atoms with E-state index in [1.165, 1.54) is 0 Å². The molecule has 1 amide bonds. The molecule has 0 unspecified atom stereocenters. The van der Waals surface area contributed by atoms with Crippen LogP contribution in [0.4, 0.5) is 5.69 Å². The molecule has 1 aromatic carbocycles. The number of nitrogens with one attached hydrogen (secondary N) is 1. The van der Waals surface area contributed by atoms with E-state index in [1.54, 1.807) is 0 Å². The number of amides is 1. The van der Waals surface area contributed by atoms with Crippen LogP contribution in [0.15, 0.2) is 42.6 Å². The van der Waals surface area contributed by atoms with Crippen LogP contribution in [0.5, 0.6) is 0 Å². The lowest BCUT2D eigenvalue weighted by Gasteiger charge is -2.28. The molecular weight excluding hydrogens is 262 g/mol. The second-order valence-electron chi connectivity index (χ2n) is 5.16. The average Bonchev–Trinajstić information content (AvgIpc) is 2.54. The second kappa shape index (κ2) is 5.95. The molecule has 108 valence electrons. The molecule has 0 aliphatic carbocycles. The first-order chi connectivity index (χ1) is 10.3. The molecule has 0 bridgehead atoms. The van der Waals surface area contributed by atoms with Crippen LogP contribution in [0.25, 0.3) is 0 Å². The van der Waals surface area contributed by atoms with E-state index >= 15 is 0 Å². The summed E-state index contributed by atoms with van der Waals surface area (Å²) in [6.07, 6.45) is 2.64. The summed E-state index contributed by atoms with van der Waals surface area (Å²) >= 11 is 0. The van der Waals surface area contributed by atoms with Gasteiger partial charge in [-0.25, -0.2) is 0 Å². The normalized spacial score (nSPS) is 13.7. The van der Waals surface area contributed by atoms with Crippen molar-refractivity contribution in [3.05, 3.63) is 59.4 Å². The van der Waals surface area contributed by atoms with Gasteiger partial charge in [0.25, 0.3) is 5.91 Å². The first kappa shape index (κ1) is 13.6. The number of hydrogen-bond donors (Lipinski definition) is 1. The summed E-state index contributed by atoms with van der Waals surface area (Å²) in [6.45, 7) is 4.20. The molecule has 0 saturated heterocycles. The molecule has 1 N–H and O–H groups in total. The molecule has 2 aromatic rings. The lowest BCUT2D eigenvalue weighted by Crippen LogP contribution is -2.36. The van der Waals surface area contributed by atoms with Crippen molar-refractivity contribution in [2.75, 3.05) is 18.4 Å². The summed E-state index contributed by atoms with van der Waals surface area (Å²) in [4.78, 5) is 19.1. The van der Waals surface area contributed by atoms with Crippen LogP contribution in [0.3, 0.4) is 0 Å². The topological polar surface area (TPSA) is 45.2 Å². The molecule has 21 heavy (non-hydrogen) atoms. The highest BCUT2D eigenvalue weighted by atomic mass is 16.2. The van der Waals surface area contributed by atoms with Crippen molar-refractivity contribution in [3.8, 4) is 0 Å². The summed E-state index contributed by atoms with van der Waals surface area (Å²) in [5.74, 6) is 0.0843. The minimum atomic E-state index is 0.0843. The van der Waals surface area contributed by atoms with E-state index in [0.29, 0.717) is 6.54 Å². The number of benzene rings is 1. The molecule has 1 aromatic heterocycles. The number of anilines is 1. The van der Waals surface area contributed by atoms with Gasteiger partial charge in [-0.2, -0.15) is 0 Å². The molecule has 4 heteroatoms. The van der Waals surface area contributed by atoms with Crippen molar-refractivity contribution in [2.24, 2.45) is 0 Å². The third-order valence-electron chi connectivity index (χ3n) is 3.78. The van der Waals surface area contributed by atoms with Crippen molar-refractivity contribution in [1.82, 2.24) is 9.88 Å². The van der Waals surface area contributed by atoms with Crippen molar-refractivity contribution in [3.63, 3.8) is 0 Å². The van der Waals surface area contributed by atoms with Gasteiger partial charge < -0.3 is 10.2 Å². The zero-order valence-electron chi connectivity index (χ0n) is 12.2. The number of pyridine rings is 1. The zero-order valence-corrected chi connectivity index (χ0v) is 12.2. The number of carbonyl (C=O) groups is 1. The van der Waals surface area contributed by atoms with Crippen LogP contribution in [0.1, 0.15) is 28.5 Å². The molecule has 0 fully saturated rings. The Hall–Kier alpha value is -2.36. The average molecular weight is 281 g/mol. The number of para-hydroxylation sites is 1. The third-order valence-corrected chi connectivity index (χ3v) is 3.78. The van der Waals surface area contributed by atoms with Crippen LogP contribution < -0.4 is 5.32 Å². The second-order valence-corrected chi connectivity index (χ2v) is 5.16. The largest absolute Gasteiger partial charge is 0.385 e. The standard InChI is InChI=1S/C17H19N3O/c1-2-18-16-8-4-3-7-14(16)17(21)20-11-9-15-13(12-20)6-5-10-19-15/h3-8,10,18H,2,9,11-12H2,1H3. The molecule has 0 spiro atoms. The Morgan fingerprint density at radius 2 is 2.14 bits per heavy atom. The number of fused-ring (bicyclic) bond motifs is 1. The van der Waals surface area contributed by atoms with Gasteiger partial charge in [0.05, 0.1) is 5.56 Å². The quantitative estimate of drug-likeness (QED) is 0.941. The fourth-order valence-electron chi connectivity index (χ4n) is 2.72. The molecule has 3 rings (SSSR count). The van der Waals surface area contributed by atoms with Crippen LogP contribution in [0, 0.1) is 0 Å². The van der Waals surface area contributed by atoms with E-state index in [4.69, 9.17) is 0 Å². The fraction of sp³-hybridized carbons (Fsp3) is 0.294. The summed E-state index contributed by atoms with van der Waals surface area (Å²) in [5.41, 5.74) is 3.91. The van der Waals surface area contributed by atoms with Gasteiger partial charge in [0.1, 0.15) is 0 Å². The highest BCUT2D eigenvalue weighted by Gasteiger charge is 2.23. The van der Waals surface area contributed by atoms with Gasteiger partial charge in [-0.15, -0.1) is 0 Å². The molecule has 4 nitrogen and oxygen atoms in total. The van der Waals surface area contributed by atoms with E-state index < -0.39 is 0 Å². The molecule has 0 atom stereocenters. The van der Waals surface area contributed by atoms with Gasteiger partial charge in [-0.1, -0.05) is 18.2 Å². The predicted octanol–water partition coefficient (Wildman–Crippen LogP) is 2.71. The Morgan fingerprint density at radius 3 is 3.00 bits per heavy atom. The van der Waals surface area contributed by atoms with Gasteiger partial charge in [-0.3, -0.25) is 9.78 Å². The summed E-state index contributed by atoms with van der Waals surface area (Å²) in [6, 6.07) is 11.7. The maximum Gasteiger partial charge on any atom is 0.256 e. The van der Waals surface area contributed by atoms with Gasteiger partial charge in [-0.05, 0) is 30.7 Å². The highest BCUT2D eigenvalue weighted by Crippen LogP contribution is 2.22. The van der Waals surface area contributed by atoms with Crippen molar-refractivity contribution in [2.45, 2.75) is 19.9 Å². The van der Waals surface area contributed by atoms with E-state index in [-0.39, 0.29) is 5.91 Å². The Morgan fingerprint density at radius 1 is 1.29 bits per heavy atom. The lowest BCUT2D eigenvalue weighted by atomic mass is 10.0. The maximum absolute atomic E-state index is 12.8. The van der Waals surface area contributed by atoms with Crippen LogP contribution >= 0.6 is 0 Å². The minimum Gasteiger partial charge on any atom is -0.385 e. The Labute approximate surface area is 124 Å². The van der Waals surface area contributed by atoms with E-state index in [9.17, 15) is 4.79 Å². The Balaban J connectivity index is 1.84. The SMILES string of the molecule is CCNc1ccccc1C(=O)N1CCc2ncccc2C1. The maximum atomic E-state index is 12.8. The van der Waals surface area contributed by atoms with Gasteiger partial charge in [0.2, 0.25) is 0 Å². The highest BCUT2D eigenvalue weighted by molar-refractivity contribution is 5.99. The minimum absolute atomic E-state index is 0.0843. The first-order valence-corrected chi connectivity index (χ1v) is 7.34. The van der Waals surface area contributed by atoms with Crippen LogP contribution in [0.2, 0.25) is 0 Å². The number of aromatic nitrogens is 1. The number of carbonyl (C=O) groups excluding carboxylic acids is 1. The summed E-state index contributed by atoms with van der Waals surface area (Å²) in [5, 5.41) is 3.26. The van der Waals surface area contributed by atoms with Crippen molar-refractivity contribution < 1.29 is 4.79 Å². The fourth-order valence-corrected chi connectivity index (χ4v) is 2.72. The third kappa shape index (κ3) is 2.75. The van der Waals surface area contributed by atoms with Crippen LogP contribution in [-0.4, -0.2) is 28.9 Å². The van der Waals surface area contributed by atoms with E-state index in [1.807, 2.05) is 48.4 Å². The Bertz CT molecular complexity index is 654. The predicted molar refractivity (Wildman–Crippen MR) is 83.3 cm³/mol. The van der Waals surface area contributed by atoms with Gasteiger partial charge in [0.15, 0.2) is 0 Å². The van der Waals surface area contributed by atoms with Crippen molar-refractivity contribution in [1.29, 1.82) is 0 Å². The lowest BCUT2D eigenvalue weighted by molar-refractivity contribution is 0.0734. The number of hydrogen-bond acceptors (Lipinski definition) is 3. The zero-order chi connectivity index (χ0) is 14.7. The monoisotopic (exact) mass is 281 g/mol. The van der Waals surface area contributed by atoms with Gasteiger partial charge in [0, 0.05) is 43.6 Å². The molecule has 1 aliphatic rings.